The van der Waals surface area contributed by atoms with Gasteiger partial charge in [0.1, 0.15) is 0 Å². The lowest BCUT2D eigenvalue weighted by Crippen LogP contribution is -2.16. The molecule has 0 aromatic carbocycles. The lowest BCUT2D eigenvalue weighted by Gasteiger charge is -2.21. The van der Waals surface area contributed by atoms with Crippen LogP contribution in [0.3, 0.4) is 0 Å². The normalized spacial score (nSPS) is 11.4. The van der Waals surface area contributed by atoms with Crippen LogP contribution in [-0.2, 0) is 9.59 Å². The van der Waals surface area contributed by atoms with Crippen molar-refractivity contribution < 1.29 is 19.8 Å². The van der Waals surface area contributed by atoms with Crippen LogP contribution in [0, 0.1) is 5.41 Å². The highest BCUT2D eigenvalue weighted by Crippen LogP contribution is 2.27. The van der Waals surface area contributed by atoms with Crippen LogP contribution in [0.1, 0.15) is 58.8 Å². The highest BCUT2D eigenvalue weighted by molar-refractivity contribution is 5.67. The summed E-state index contributed by atoms with van der Waals surface area (Å²) in [7, 11) is 0. The Morgan fingerprint density at radius 3 is 2.00 bits per heavy atom. The average molecular weight is 230 g/mol. The summed E-state index contributed by atoms with van der Waals surface area (Å²) in [5.41, 5.74) is -0.154. The van der Waals surface area contributed by atoms with E-state index in [1.165, 1.54) is 0 Å². The van der Waals surface area contributed by atoms with E-state index < -0.39 is 11.9 Å². The molecule has 94 valence electrons. The summed E-state index contributed by atoms with van der Waals surface area (Å²) in [6.07, 6.45) is 4.90. The molecule has 0 aromatic rings. The van der Waals surface area contributed by atoms with Crippen LogP contribution < -0.4 is 0 Å². The second-order valence-electron chi connectivity index (χ2n) is 5.04. The molecule has 0 rings (SSSR count). The van der Waals surface area contributed by atoms with Gasteiger partial charge in [-0.15, -0.1) is 0 Å². The van der Waals surface area contributed by atoms with Gasteiger partial charge in [0.05, 0.1) is 6.42 Å². The summed E-state index contributed by atoms with van der Waals surface area (Å²) >= 11 is 0. The van der Waals surface area contributed by atoms with Crippen molar-refractivity contribution in [1.29, 1.82) is 0 Å². The molecule has 0 fully saturated rings. The Bertz CT molecular complexity index is 233. The fourth-order valence-electron chi connectivity index (χ4n) is 1.73. The molecule has 0 aliphatic heterocycles. The summed E-state index contributed by atoms with van der Waals surface area (Å²) in [6, 6.07) is 0. The van der Waals surface area contributed by atoms with Crippen molar-refractivity contribution in [3.8, 4) is 0 Å². The zero-order valence-corrected chi connectivity index (χ0v) is 10.2. The van der Waals surface area contributed by atoms with Gasteiger partial charge in [-0.05, 0) is 18.3 Å². The van der Waals surface area contributed by atoms with Crippen LogP contribution in [-0.4, -0.2) is 22.2 Å². The molecule has 0 atom stereocenters. The average Bonchev–Trinajstić information content (AvgIpc) is 2.08. The van der Waals surface area contributed by atoms with Gasteiger partial charge in [-0.1, -0.05) is 33.1 Å². The van der Waals surface area contributed by atoms with E-state index in [0.717, 1.165) is 25.7 Å². The Morgan fingerprint density at radius 2 is 1.50 bits per heavy atom. The maximum absolute atomic E-state index is 10.6. The minimum Gasteiger partial charge on any atom is -0.481 e. The van der Waals surface area contributed by atoms with Crippen LogP contribution >= 0.6 is 0 Å². The van der Waals surface area contributed by atoms with Crippen LogP contribution in [0.5, 0.6) is 0 Å². The molecule has 4 nitrogen and oxygen atoms in total. The zero-order valence-electron chi connectivity index (χ0n) is 10.2. The largest absolute Gasteiger partial charge is 0.481 e. The van der Waals surface area contributed by atoms with Gasteiger partial charge in [-0.3, -0.25) is 9.59 Å². The lowest BCUT2D eigenvalue weighted by atomic mass is 9.83. The molecule has 2 N–H and O–H groups in total. The molecule has 0 saturated heterocycles. The number of aliphatic carboxylic acids is 2. The molecule has 0 heterocycles. The van der Waals surface area contributed by atoms with Gasteiger partial charge in [0.15, 0.2) is 0 Å². The molecule has 0 aromatic heterocycles. The molecule has 0 saturated carbocycles. The monoisotopic (exact) mass is 230 g/mol. The Labute approximate surface area is 96.7 Å². The number of carbonyl (C=O) groups is 2. The number of carboxylic acid groups (broad SMARTS) is 2. The lowest BCUT2D eigenvalue weighted by molar-refractivity contribution is -0.139. The highest BCUT2D eigenvalue weighted by Gasteiger charge is 2.20. The molecule has 0 aliphatic carbocycles. The molecule has 0 amide bonds. The van der Waals surface area contributed by atoms with Gasteiger partial charge in [-0.25, -0.2) is 0 Å². The molecular formula is C12H22O4. The smallest absolute Gasteiger partial charge is 0.303 e. The number of hydrogen-bond donors (Lipinski definition) is 2. The maximum Gasteiger partial charge on any atom is 0.303 e. The van der Waals surface area contributed by atoms with Gasteiger partial charge >= 0.3 is 11.9 Å². The third-order valence-corrected chi connectivity index (χ3v) is 2.62. The van der Waals surface area contributed by atoms with Crippen molar-refractivity contribution in [1.82, 2.24) is 0 Å². The second kappa shape index (κ2) is 7.25. The van der Waals surface area contributed by atoms with Crippen molar-refractivity contribution >= 4 is 11.9 Å². The van der Waals surface area contributed by atoms with Crippen molar-refractivity contribution in [2.24, 2.45) is 5.41 Å². The zero-order chi connectivity index (χ0) is 12.6. The fourth-order valence-corrected chi connectivity index (χ4v) is 1.73. The first-order valence-electron chi connectivity index (χ1n) is 5.77. The summed E-state index contributed by atoms with van der Waals surface area (Å²) < 4.78 is 0. The van der Waals surface area contributed by atoms with E-state index in [4.69, 9.17) is 10.2 Å². The Hall–Kier alpha value is -1.06. The number of unbranched alkanes of at least 4 members (excludes halogenated alkanes) is 3. The summed E-state index contributed by atoms with van der Waals surface area (Å²) in [5.74, 6) is -1.50. The number of carboxylic acids is 2. The van der Waals surface area contributed by atoms with Gasteiger partial charge in [0.2, 0.25) is 0 Å². The third-order valence-electron chi connectivity index (χ3n) is 2.62. The molecule has 0 unspecified atom stereocenters. The first kappa shape index (κ1) is 14.9. The first-order valence-corrected chi connectivity index (χ1v) is 5.77. The van der Waals surface area contributed by atoms with Crippen molar-refractivity contribution in [2.75, 3.05) is 0 Å². The Balaban J connectivity index is 3.50. The predicted molar refractivity (Wildman–Crippen MR) is 61.4 cm³/mol. The van der Waals surface area contributed by atoms with E-state index >= 15 is 0 Å². The van der Waals surface area contributed by atoms with Gasteiger partial charge in [0, 0.05) is 6.42 Å². The van der Waals surface area contributed by atoms with Gasteiger partial charge in [0.25, 0.3) is 0 Å². The summed E-state index contributed by atoms with van der Waals surface area (Å²) in [5, 5.41) is 17.1. The van der Waals surface area contributed by atoms with Crippen molar-refractivity contribution in [2.45, 2.75) is 58.8 Å². The third kappa shape index (κ3) is 9.49. The van der Waals surface area contributed by atoms with E-state index in [-0.39, 0.29) is 18.3 Å². The topological polar surface area (TPSA) is 74.6 Å². The molecule has 16 heavy (non-hydrogen) atoms. The first-order chi connectivity index (χ1) is 7.33. The van der Waals surface area contributed by atoms with Crippen molar-refractivity contribution in [3.63, 3.8) is 0 Å². The molecule has 0 spiro atoms. The maximum atomic E-state index is 10.6. The molecular weight excluding hydrogens is 208 g/mol. The van der Waals surface area contributed by atoms with Crippen LogP contribution in [0.4, 0.5) is 0 Å². The van der Waals surface area contributed by atoms with Crippen LogP contribution in [0.2, 0.25) is 0 Å². The SMILES string of the molecule is CC(C)(CCCCCCC(=O)O)CC(=O)O. The van der Waals surface area contributed by atoms with Gasteiger partial charge in [-0.2, -0.15) is 0 Å². The minimum atomic E-state index is -0.754. The summed E-state index contributed by atoms with van der Waals surface area (Å²) in [6.45, 7) is 3.91. The van der Waals surface area contributed by atoms with E-state index in [9.17, 15) is 9.59 Å². The summed E-state index contributed by atoms with van der Waals surface area (Å²) in [4.78, 5) is 20.8. The molecule has 4 heteroatoms. The van der Waals surface area contributed by atoms with Crippen LogP contribution in [0.25, 0.3) is 0 Å². The number of hydrogen-bond acceptors (Lipinski definition) is 2. The van der Waals surface area contributed by atoms with E-state index in [2.05, 4.69) is 0 Å². The molecule has 0 bridgehead atoms. The molecule has 0 radical (unpaired) electrons. The Morgan fingerprint density at radius 1 is 0.938 bits per heavy atom. The highest BCUT2D eigenvalue weighted by atomic mass is 16.4. The number of rotatable bonds is 9. The van der Waals surface area contributed by atoms with Gasteiger partial charge < -0.3 is 10.2 Å². The Kier molecular flexibility index (Phi) is 6.77. The van der Waals surface area contributed by atoms with Crippen LogP contribution in [0.15, 0.2) is 0 Å². The second-order valence-corrected chi connectivity index (χ2v) is 5.04. The minimum absolute atomic E-state index is 0.154. The van der Waals surface area contributed by atoms with E-state index in [1.54, 1.807) is 0 Å². The molecule has 0 aliphatic rings. The quantitative estimate of drug-likeness (QED) is 0.597. The predicted octanol–water partition coefficient (Wildman–Crippen LogP) is 2.91. The van der Waals surface area contributed by atoms with Crippen molar-refractivity contribution in [3.05, 3.63) is 0 Å². The van der Waals surface area contributed by atoms with E-state index in [1.807, 2.05) is 13.8 Å². The van der Waals surface area contributed by atoms with E-state index in [0.29, 0.717) is 6.42 Å². The standard InChI is InChI=1S/C12H22O4/c1-12(2,9-11(15)16)8-6-4-3-5-7-10(13)14/h3-9H2,1-2H3,(H,13,14)(H,15,16). The fraction of sp³-hybridized carbons (Fsp3) is 0.833.